The summed E-state index contributed by atoms with van der Waals surface area (Å²) in [6.45, 7) is 1.87. The molecule has 0 aliphatic heterocycles. The van der Waals surface area contributed by atoms with Crippen LogP contribution in [-0.2, 0) is 7.05 Å². The molecule has 1 aromatic carbocycles. The zero-order valence-electron chi connectivity index (χ0n) is 11.9. The molecular formula is C15H16N4O2. The Balaban J connectivity index is 2.24. The largest absolute Gasteiger partial charge is 0.395 e. The standard InChI is InChI=1S/C15H16N4O2/c1-11-12(6-3-4-9-20)7-5-8-13(11)14(21)18-15-16-10-17-19(15)2/h5,7-8,10,20H,4,9H2,1-2H3,(H,16,17,18,21). The molecule has 1 amide bonds. The highest BCUT2D eigenvalue weighted by Gasteiger charge is 2.13. The Hall–Kier alpha value is -2.65. The van der Waals surface area contributed by atoms with Crippen molar-refractivity contribution in [2.24, 2.45) is 7.05 Å². The molecule has 0 aliphatic carbocycles. The number of aliphatic hydroxyl groups excluding tert-OH is 1. The van der Waals surface area contributed by atoms with Crippen molar-refractivity contribution in [3.63, 3.8) is 0 Å². The van der Waals surface area contributed by atoms with Crippen LogP contribution in [0.5, 0.6) is 0 Å². The summed E-state index contributed by atoms with van der Waals surface area (Å²) in [4.78, 5) is 16.2. The van der Waals surface area contributed by atoms with Gasteiger partial charge in [-0.3, -0.25) is 10.1 Å². The average Bonchev–Trinajstić information content (AvgIpc) is 2.86. The minimum atomic E-state index is -0.255. The van der Waals surface area contributed by atoms with E-state index >= 15 is 0 Å². The van der Waals surface area contributed by atoms with Crippen molar-refractivity contribution in [1.82, 2.24) is 14.8 Å². The van der Waals surface area contributed by atoms with Crippen LogP contribution in [0, 0.1) is 18.8 Å². The van der Waals surface area contributed by atoms with Crippen molar-refractivity contribution in [3.05, 3.63) is 41.2 Å². The lowest BCUT2D eigenvalue weighted by Crippen LogP contribution is -2.16. The van der Waals surface area contributed by atoms with Gasteiger partial charge >= 0.3 is 0 Å². The molecule has 0 bridgehead atoms. The molecule has 0 saturated carbocycles. The van der Waals surface area contributed by atoms with Gasteiger partial charge in [0.2, 0.25) is 5.95 Å². The number of hydrogen-bond donors (Lipinski definition) is 2. The number of aryl methyl sites for hydroxylation is 1. The fraction of sp³-hybridized carbons (Fsp3) is 0.267. The van der Waals surface area contributed by atoms with Gasteiger partial charge in [-0.15, -0.1) is 0 Å². The number of rotatable bonds is 3. The monoisotopic (exact) mass is 284 g/mol. The molecule has 0 saturated heterocycles. The van der Waals surface area contributed by atoms with Crippen LogP contribution in [0.15, 0.2) is 24.5 Å². The van der Waals surface area contributed by atoms with Crippen LogP contribution < -0.4 is 5.32 Å². The van der Waals surface area contributed by atoms with Gasteiger partial charge in [-0.2, -0.15) is 10.1 Å². The lowest BCUT2D eigenvalue weighted by Gasteiger charge is -2.08. The van der Waals surface area contributed by atoms with E-state index in [0.29, 0.717) is 17.9 Å². The van der Waals surface area contributed by atoms with Crippen molar-refractivity contribution >= 4 is 11.9 Å². The molecule has 0 spiro atoms. The average molecular weight is 284 g/mol. The molecule has 2 aromatic rings. The Morgan fingerprint density at radius 2 is 2.29 bits per heavy atom. The summed E-state index contributed by atoms with van der Waals surface area (Å²) in [5.74, 6) is 5.94. The van der Waals surface area contributed by atoms with Gasteiger partial charge in [0.15, 0.2) is 0 Å². The molecule has 0 unspecified atom stereocenters. The van der Waals surface area contributed by atoms with E-state index in [-0.39, 0.29) is 12.5 Å². The Morgan fingerprint density at radius 3 is 2.95 bits per heavy atom. The number of benzene rings is 1. The van der Waals surface area contributed by atoms with Crippen molar-refractivity contribution in [1.29, 1.82) is 0 Å². The van der Waals surface area contributed by atoms with E-state index in [2.05, 4.69) is 27.2 Å². The quantitative estimate of drug-likeness (QED) is 0.827. The van der Waals surface area contributed by atoms with Crippen molar-refractivity contribution in [3.8, 4) is 11.8 Å². The van der Waals surface area contributed by atoms with Crippen LogP contribution in [-0.4, -0.2) is 32.4 Å². The summed E-state index contributed by atoms with van der Waals surface area (Å²) in [5, 5.41) is 15.3. The smallest absolute Gasteiger partial charge is 0.258 e. The number of hydrogen-bond acceptors (Lipinski definition) is 4. The predicted octanol–water partition coefficient (Wildman–Crippen LogP) is 1.11. The SMILES string of the molecule is Cc1c(C#CCCO)cccc1C(=O)Nc1ncnn1C. The zero-order chi connectivity index (χ0) is 15.2. The van der Waals surface area contributed by atoms with Crippen molar-refractivity contribution in [2.75, 3.05) is 11.9 Å². The first-order valence-electron chi connectivity index (χ1n) is 6.48. The topological polar surface area (TPSA) is 80.0 Å². The van der Waals surface area contributed by atoms with Crippen molar-refractivity contribution in [2.45, 2.75) is 13.3 Å². The molecule has 108 valence electrons. The molecule has 21 heavy (non-hydrogen) atoms. The Kier molecular flexibility index (Phi) is 4.69. The van der Waals surface area contributed by atoms with E-state index in [4.69, 9.17) is 5.11 Å². The first-order chi connectivity index (χ1) is 10.1. The molecule has 0 fully saturated rings. The highest BCUT2D eigenvalue weighted by molar-refractivity contribution is 6.04. The van der Waals surface area contributed by atoms with E-state index in [1.165, 1.54) is 11.0 Å². The summed E-state index contributed by atoms with van der Waals surface area (Å²) >= 11 is 0. The lowest BCUT2D eigenvalue weighted by atomic mass is 10.0. The van der Waals surface area contributed by atoms with Crippen molar-refractivity contribution < 1.29 is 9.90 Å². The molecule has 1 aromatic heterocycles. The Labute approximate surface area is 122 Å². The van der Waals surface area contributed by atoms with Crippen LogP contribution in [0.2, 0.25) is 0 Å². The van der Waals surface area contributed by atoms with Gasteiger partial charge in [-0.1, -0.05) is 17.9 Å². The maximum Gasteiger partial charge on any atom is 0.258 e. The fourth-order valence-electron chi connectivity index (χ4n) is 1.81. The third-order valence-electron chi connectivity index (χ3n) is 2.98. The van der Waals surface area contributed by atoms with Crippen LogP contribution in [0.1, 0.15) is 27.9 Å². The number of amides is 1. The minimum Gasteiger partial charge on any atom is -0.395 e. The highest BCUT2D eigenvalue weighted by Crippen LogP contribution is 2.14. The molecule has 0 aliphatic rings. The Morgan fingerprint density at radius 1 is 1.48 bits per heavy atom. The van der Waals surface area contributed by atoms with Gasteiger partial charge in [0.25, 0.3) is 5.91 Å². The molecule has 6 nitrogen and oxygen atoms in total. The molecule has 2 rings (SSSR count). The van der Waals surface area contributed by atoms with Crippen LogP contribution >= 0.6 is 0 Å². The normalized spacial score (nSPS) is 9.86. The molecular weight excluding hydrogens is 268 g/mol. The second kappa shape index (κ2) is 6.68. The second-order valence-electron chi connectivity index (χ2n) is 4.41. The van der Waals surface area contributed by atoms with Gasteiger partial charge in [-0.05, 0) is 24.6 Å². The van der Waals surface area contributed by atoms with Gasteiger partial charge in [0, 0.05) is 24.6 Å². The number of anilines is 1. The zero-order valence-corrected chi connectivity index (χ0v) is 11.9. The van der Waals surface area contributed by atoms with E-state index in [1.54, 1.807) is 19.2 Å². The first-order valence-corrected chi connectivity index (χ1v) is 6.48. The Bertz CT molecular complexity index is 710. The highest BCUT2D eigenvalue weighted by atomic mass is 16.2. The summed E-state index contributed by atoms with van der Waals surface area (Å²) in [5.41, 5.74) is 2.10. The maximum absolute atomic E-state index is 12.3. The molecule has 2 N–H and O–H groups in total. The van der Waals surface area contributed by atoms with E-state index in [1.807, 2.05) is 13.0 Å². The predicted molar refractivity (Wildman–Crippen MR) is 78.7 cm³/mol. The molecule has 0 atom stereocenters. The number of nitrogens with zero attached hydrogens (tertiary/aromatic N) is 3. The van der Waals surface area contributed by atoms with Gasteiger partial charge in [-0.25, -0.2) is 4.68 Å². The maximum atomic E-state index is 12.3. The molecule has 1 heterocycles. The van der Waals surface area contributed by atoms with Crippen LogP contribution in [0.4, 0.5) is 5.95 Å². The van der Waals surface area contributed by atoms with E-state index < -0.39 is 0 Å². The van der Waals surface area contributed by atoms with E-state index in [9.17, 15) is 4.79 Å². The van der Waals surface area contributed by atoms with E-state index in [0.717, 1.165) is 11.1 Å². The van der Waals surface area contributed by atoms with Crippen LogP contribution in [0.3, 0.4) is 0 Å². The van der Waals surface area contributed by atoms with Gasteiger partial charge in [0.1, 0.15) is 6.33 Å². The summed E-state index contributed by atoms with van der Waals surface area (Å²) in [6.07, 6.45) is 1.79. The van der Waals surface area contributed by atoms with Gasteiger partial charge < -0.3 is 5.11 Å². The third kappa shape index (κ3) is 3.46. The third-order valence-corrected chi connectivity index (χ3v) is 2.98. The number of nitrogens with one attached hydrogen (secondary N) is 1. The number of aromatic nitrogens is 3. The minimum absolute atomic E-state index is 0.0262. The second-order valence-corrected chi connectivity index (χ2v) is 4.41. The number of carbonyl (C=O) groups excluding carboxylic acids is 1. The fourth-order valence-corrected chi connectivity index (χ4v) is 1.81. The summed E-state index contributed by atoms with van der Waals surface area (Å²) in [7, 11) is 1.70. The summed E-state index contributed by atoms with van der Waals surface area (Å²) < 4.78 is 1.48. The number of carbonyl (C=O) groups is 1. The van der Waals surface area contributed by atoms with Crippen LogP contribution in [0.25, 0.3) is 0 Å². The molecule has 6 heteroatoms. The van der Waals surface area contributed by atoms with Gasteiger partial charge in [0.05, 0.1) is 6.61 Å². The molecule has 0 radical (unpaired) electrons. The number of aliphatic hydroxyl groups is 1. The first kappa shape index (κ1) is 14.8. The lowest BCUT2D eigenvalue weighted by molar-refractivity contribution is 0.102. The summed E-state index contributed by atoms with van der Waals surface area (Å²) in [6, 6.07) is 5.36.